The average molecular weight is 232 g/mol. The van der Waals surface area contributed by atoms with Crippen LogP contribution in [0.2, 0.25) is 0 Å². The third-order valence-corrected chi connectivity index (χ3v) is 2.06. The van der Waals surface area contributed by atoms with Crippen LogP contribution in [0, 0.1) is 0 Å². The van der Waals surface area contributed by atoms with Gasteiger partial charge in [-0.25, -0.2) is 0 Å². The molecule has 0 aliphatic heterocycles. The molecule has 0 saturated carbocycles. The Labute approximate surface area is 104 Å². The molecule has 2 heteroatoms. The zero-order valence-corrected chi connectivity index (χ0v) is 10.4. The standard InChI is InChI=1S/C15H20O2/c1-14(2)12-16-10-6-7-11-17-13-15-8-4-3-5-9-15/h3-6,8-10H,1,7,11-13H2,2H3/b10-6+. The first kappa shape index (κ1) is 13.5. The van der Waals surface area contributed by atoms with Crippen LogP contribution in [-0.2, 0) is 16.1 Å². The van der Waals surface area contributed by atoms with E-state index in [-0.39, 0.29) is 0 Å². The predicted octanol–water partition coefficient (Wildman–Crippen LogP) is 3.70. The van der Waals surface area contributed by atoms with Crippen molar-refractivity contribution in [2.45, 2.75) is 20.0 Å². The molecule has 0 amide bonds. The fourth-order valence-electron chi connectivity index (χ4n) is 1.24. The van der Waals surface area contributed by atoms with Crippen molar-refractivity contribution >= 4 is 0 Å². The molecular formula is C15H20O2. The van der Waals surface area contributed by atoms with Gasteiger partial charge in [-0.15, -0.1) is 0 Å². The lowest BCUT2D eigenvalue weighted by Crippen LogP contribution is -1.94. The summed E-state index contributed by atoms with van der Waals surface area (Å²) in [4.78, 5) is 0. The Morgan fingerprint density at radius 2 is 2.06 bits per heavy atom. The van der Waals surface area contributed by atoms with Gasteiger partial charge in [0.2, 0.25) is 0 Å². The van der Waals surface area contributed by atoms with Gasteiger partial charge in [0.25, 0.3) is 0 Å². The van der Waals surface area contributed by atoms with Gasteiger partial charge in [0.1, 0.15) is 6.61 Å². The van der Waals surface area contributed by atoms with E-state index in [1.165, 1.54) is 5.56 Å². The number of benzene rings is 1. The Bertz CT molecular complexity index is 341. The maximum absolute atomic E-state index is 5.52. The van der Waals surface area contributed by atoms with Crippen LogP contribution in [0.1, 0.15) is 18.9 Å². The first-order valence-corrected chi connectivity index (χ1v) is 5.81. The molecule has 0 radical (unpaired) electrons. The number of ether oxygens (including phenoxy) is 2. The van der Waals surface area contributed by atoms with E-state index in [1.54, 1.807) is 6.26 Å². The molecule has 1 aromatic rings. The first-order valence-electron chi connectivity index (χ1n) is 5.81. The van der Waals surface area contributed by atoms with Crippen molar-refractivity contribution in [2.75, 3.05) is 13.2 Å². The Kier molecular flexibility index (Phi) is 6.84. The van der Waals surface area contributed by atoms with Crippen molar-refractivity contribution in [1.82, 2.24) is 0 Å². The second kappa shape index (κ2) is 8.59. The molecule has 0 unspecified atom stereocenters. The van der Waals surface area contributed by atoms with Gasteiger partial charge in [0.15, 0.2) is 0 Å². The summed E-state index contributed by atoms with van der Waals surface area (Å²) in [6.45, 7) is 7.66. The van der Waals surface area contributed by atoms with E-state index in [0.29, 0.717) is 19.8 Å². The molecule has 0 fully saturated rings. The SMILES string of the molecule is C=C(C)CO/C=C/CCOCc1ccccc1. The minimum Gasteiger partial charge on any atom is -0.497 e. The second-order valence-corrected chi connectivity index (χ2v) is 3.97. The van der Waals surface area contributed by atoms with Gasteiger partial charge >= 0.3 is 0 Å². The molecule has 0 spiro atoms. The number of hydrogen-bond donors (Lipinski definition) is 0. The highest BCUT2D eigenvalue weighted by Gasteiger charge is 1.90. The number of hydrogen-bond acceptors (Lipinski definition) is 2. The topological polar surface area (TPSA) is 18.5 Å². The van der Waals surface area contributed by atoms with Crippen molar-refractivity contribution in [1.29, 1.82) is 0 Å². The zero-order chi connectivity index (χ0) is 12.3. The Morgan fingerprint density at radius 1 is 1.29 bits per heavy atom. The zero-order valence-electron chi connectivity index (χ0n) is 10.4. The van der Waals surface area contributed by atoms with E-state index in [4.69, 9.17) is 9.47 Å². The summed E-state index contributed by atoms with van der Waals surface area (Å²) in [7, 11) is 0. The third-order valence-electron chi connectivity index (χ3n) is 2.06. The van der Waals surface area contributed by atoms with Crippen LogP contribution >= 0.6 is 0 Å². The van der Waals surface area contributed by atoms with Crippen molar-refractivity contribution in [3.63, 3.8) is 0 Å². The fourth-order valence-corrected chi connectivity index (χ4v) is 1.24. The van der Waals surface area contributed by atoms with Gasteiger partial charge in [-0.1, -0.05) is 36.9 Å². The molecule has 0 atom stereocenters. The molecular weight excluding hydrogens is 212 g/mol. The lowest BCUT2D eigenvalue weighted by Gasteiger charge is -2.02. The van der Waals surface area contributed by atoms with Gasteiger partial charge in [-0.05, 0) is 30.6 Å². The van der Waals surface area contributed by atoms with E-state index in [2.05, 4.69) is 18.7 Å². The molecule has 0 aliphatic rings. The molecule has 2 nitrogen and oxygen atoms in total. The maximum Gasteiger partial charge on any atom is 0.108 e. The summed E-state index contributed by atoms with van der Waals surface area (Å²) in [5.74, 6) is 0. The van der Waals surface area contributed by atoms with Crippen molar-refractivity contribution in [3.8, 4) is 0 Å². The Balaban J connectivity index is 1.99. The molecule has 0 heterocycles. The van der Waals surface area contributed by atoms with Crippen LogP contribution in [0.4, 0.5) is 0 Å². The molecule has 1 aromatic carbocycles. The smallest absolute Gasteiger partial charge is 0.108 e. The van der Waals surface area contributed by atoms with Crippen LogP contribution in [0.5, 0.6) is 0 Å². The molecule has 92 valence electrons. The van der Waals surface area contributed by atoms with Gasteiger partial charge in [0.05, 0.1) is 19.5 Å². The van der Waals surface area contributed by atoms with Crippen LogP contribution < -0.4 is 0 Å². The van der Waals surface area contributed by atoms with E-state index >= 15 is 0 Å². The summed E-state index contributed by atoms with van der Waals surface area (Å²) in [5.41, 5.74) is 2.23. The summed E-state index contributed by atoms with van der Waals surface area (Å²) in [6.07, 6.45) is 4.54. The molecule has 0 aliphatic carbocycles. The van der Waals surface area contributed by atoms with Crippen molar-refractivity contribution in [2.24, 2.45) is 0 Å². The van der Waals surface area contributed by atoms with Gasteiger partial charge in [-0.2, -0.15) is 0 Å². The molecule has 17 heavy (non-hydrogen) atoms. The Morgan fingerprint density at radius 3 is 2.76 bits per heavy atom. The van der Waals surface area contributed by atoms with Gasteiger partial charge in [0, 0.05) is 0 Å². The van der Waals surface area contributed by atoms with Crippen LogP contribution in [0.15, 0.2) is 54.8 Å². The fraction of sp³-hybridized carbons (Fsp3) is 0.333. The molecule has 0 bridgehead atoms. The average Bonchev–Trinajstić information content (AvgIpc) is 2.33. The summed E-state index contributed by atoms with van der Waals surface area (Å²) >= 11 is 0. The number of rotatable bonds is 8. The summed E-state index contributed by atoms with van der Waals surface area (Å²) in [5, 5.41) is 0. The van der Waals surface area contributed by atoms with E-state index in [0.717, 1.165) is 12.0 Å². The van der Waals surface area contributed by atoms with Gasteiger partial charge in [-0.3, -0.25) is 0 Å². The molecule has 0 N–H and O–H groups in total. The summed E-state index contributed by atoms with van der Waals surface area (Å²) in [6, 6.07) is 10.2. The van der Waals surface area contributed by atoms with Gasteiger partial charge < -0.3 is 9.47 Å². The Hall–Kier alpha value is -1.54. The van der Waals surface area contributed by atoms with Crippen molar-refractivity contribution in [3.05, 3.63) is 60.4 Å². The predicted molar refractivity (Wildman–Crippen MR) is 70.6 cm³/mol. The van der Waals surface area contributed by atoms with Crippen LogP contribution in [0.3, 0.4) is 0 Å². The second-order valence-electron chi connectivity index (χ2n) is 3.97. The molecule has 1 rings (SSSR count). The third kappa shape index (κ3) is 7.36. The van der Waals surface area contributed by atoms with E-state index in [1.807, 2.05) is 31.2 Å². The molecule has 0 saturated heterocycles. The van der Waals surface area contributed by atoms with Crippen LogP contribution in [-0.4, -0.2) is 13.2 Å². The quantitative estimate of drug-likeness (QED) is 0.386. The lowest BCUT2D eigenvalue weighted by molar-refractivity contribution is 0.125. The monoisotopic (exact) mass is 232 g/mol. The molecule has 0 aromatic heterocycles. The highest BCUT2D eigenvalue weighted by Crippen LogP contribution is 2.01. The van der Waals surface area contributed by atoms with E-state index < -0.39 is 0 Å². The van der Waals surface area contributed by atoms with Crippen LogP contribution in [0.25, 0.3) is 0 Å². The van der Waals surface area contributed by atoms with E-state index in [9.17, 15) is 0 Å². The maximum atomic E-state index is 5.52. The highest BCUT2D eigenvalue weighted by atomic mass is 16.5. The minimum atomic E-state index is 0.585. The first-order chi connectivity index (χ1) is 8.29. The minimum absolute atomic E-state index is 0.585. The lowest BCUT2D eigenvalue weighted by atomic mass is 10.2. The van der Waals surface area contributed by atoms with Crippen molar-refractivity contribution < 1.29 is 9.47 Å². The highest BCUT2D eigenvalue weighted by molar-refractivity contribution is 5.13. The largest absolute Gasteiger partial charge is 0.497 e. The summed E-state index contributed by atoms with van der Waals surface area (Å²) < 4.78 is 10.7. The normalized spacial score (nSPS) is 10.6.